The molecule has 0 amide bonds. The smallest absolute Gasteiger partial charge is 0.269 e. The molecule has 1 N–H and O–H groups in total. The minimum absolute atomic E-state index is 0.0350. The fraction of sp³-hybridized carbons (Fsp3) is 0.250. The van der Waals surface area contributed by atoms with Crippen LogP contribution < -0.4 is 0 Å². The van der Waals surface area contributed by atoms with E-state index in [9.17, 15) is 10.1 Å². The van der Waals surface area contributed by atoms with Gasteiger partial charge in [-0.05, 0) is 5.56 Å². The fourth-order valence-electron chi connectivity index (χ4n) is 0.948. The highest BCUT2D eigenvalue weighted by Gasteiger charge is 2.05. The van der Waals surface area contributed by atoms with Crippen LogP contribution in [0, 0.1) is 10.1 Å². The summed E-state index contributed by atoms with van der Waals surface area (Å²) in [5.74, 6) is 0. The highest BCUT2D eigenvalue weighted by molar-refractivity contribution is 6.19. The number of alkyl halides is 1. The predicted molar refractivity (Wildman–Crippen MR) is 48.7 cm³/mol. The number of non-ortho nitro benzene ring substituents is 1. The standard InChI is InChI=1S/C8H8ClNO3/c9-8(11)5-6-1-3-7(4-2-6)10(12)13/h1-4,8,11H,5H2. The van der Waals surface area contributed by atoms with E-state index in [0.717, 1.165) is 5.56 Å². The van der Waals surface area contributed by atoms with Crippen molar-refractivity contribution in [3.63, 3.8) is 0 Å². The summed E-state index contributed by atoms with van der Waals surface area (Å²) >= 11 is 5.34. The van der Waals surface area contributed by atoms with E-state index in [4.69, 9.17) is 16.7 Å². The lowest BCUT2D eigenvalue weighted by Gasteiger charge is -2.01. The van der Waals surface area contributed by atoms with Gasteiger partial charge in [0.1, 0.15) is 5.56 Å². The summed E-state index contributed by atoms with van der Waals surface area (Å²) in [6, 6.07) is 5.91. The molecular weight excluding hydrogens is 194 g/mol. The largest absolute Gasteiger partial charge is 0.377 e. The minimum Gasteiger partial charge on any atom is -0.377 e. The molecule has 1 unspecified atom stereocenters. The Morgan fingerprint density at radius 2 is 2.00 bits per heavy atom. The zero-order valence-corrected chi connectivity index (χ0v) is 7.44. The molecule has 1 aromatic rings. The topological polar surface area (TPSA) is 63.4 Å². The molecule has 0 spiro atoms. The normalized spacial score (nSPS) is 12.5. The molecule has 0 aromatic heterocycles. The van der Waals surface area contributed by atoms with Crippen LogP contribution in [0.1, 0.15) is 5.56 Å². The van der Waals surface area contributed by atoms with Gasteiger partial charge in [-0.3, -0.25) is 10.1 Å². The Morgan fingerprint density at radius 3 is 2.38 bits per heavy atom. The Balaban J connectivity index is 2.75. The van der Waals surface area contributed by atoms with Crippen molar-refractivity contribution in [2.75, 3.05) is 0 Å². The van der Waals surface area contributed by atoms with Crippen molar-refractivity contribution < 1.29 is 10.0 Å². The number of benzene rings is 1. The van der Waals surface area contributed by atoms with Crippen LogP contribution in [0.5, 0.6) is 0 Å². The summed E-state index contributed by atoms with van der Waals surface area (Å²) in [6.45, 7) is 0. The molecule has 0 aliphatic carbocycles. The van der Waals surface area contributed by atoms with Crippen molar-refractivity contribution in [3.05, 3.63) is 39.9 Å². The molecule has 13 heavy (non-hydrogen) atoms. The van der Waals surface area contributed by atoms with Gasteiger partial charge in [0.2, 0.25) is 0 Å². The highest BCUT2D eigenvalue weighted by Crippen LogP contribution is 2.13. The first-order valence-corrected chi connectivity index (χ1v) is 4.08. The molecule has 0 heterocycles. The lowest BCUT2D eigenvalue weighted by molar-refractivity contribution is -0.384. The van der Waals surface area contributed by atoms with Crippen LogP contribution in [0.15, 0.2) is 24.3 Å². The first kappa shape index (κ1) is 9.95. The van der Waals surface area contributed by atoms with Crippen LogP contribution in [0.4, 0.5) is 5.69 Å². The third-order valence-corrected chi connectivity index (χ3v) is 1.71. The number of nitro benzene ring substituents is 1. The second-order valence-corrected chi connectivity index (χ2v) is 3.07. The van der Waals surface area contributed by atoms with E-state index in [2.05, 4.69) is 0 Å². The van der Waals surface area contributed by atoms with E-state index in [1.807, 2.05) is 0 Å². The lowest BCUT2D eigenvalue weighted by atomic mass is 10.1. The molecule has 0 saturated carbocycles. The van der Waals surface area contributed by atoms with E-state index in [0.29, 0.717) is 6.42 Å². The van der Waals surface area contributed by atoms with Crippen LogP contribution in [0.3, 0.4) is 0 Å². The molecule has 1 atom stereocenters. The quantitative estimate of drug-likeness (QED) is 0.460. The molecule has 0 bridgehead atoms. The average molecular weight is 202 g/mol. The summed E-state index contributed by atoms with van der Waals surface area (Å²) < 4.78 is 0. The maximum Gasteiger partial charge on any atom is 0.269 e. The summed E-state index contributed by atoms with van der Waals surface area (Å²) in [7, 11) is 0. The van der Waals surface area contributed by atoms with Gasteiger partial charge in [-0.25, -0.2) is 0 Å². The van der Waals surface area contributed by atoms with Crippen molar-refractivity contribution in [1.29, 1.82) is 0 Å². The third-order valence-electron chi connectivity index (χ3n) is 1.55. The number of aliphatic hydroxyl groups is 1. The summed E-state index contributed by atoms with van der Waals surface area (Å²) in [5.41, 5.74) is -0.137. The van der Waals surface area contributed by atoms with Gasteiger partial charge < -0.3 is 5.11 Å². The van der Waals surface area contributed by atoms with Gasteiger partial charge in [0.05, 0.1) is 4.92 Å². The van der Waals surface area contributed by atoms with Crippen molar-refractivity contribution in [2.24, 2.45) is 0 Å². The van der Waals surface area contributed by atoms with Gasteiger partial charge >= 0.3 is 0 Å². The van der Waals surface area contributed by atoms with Crippen LogP contribution in [0.2, 0.25) is 0 Å². The molecule has 1 rings (SSSR count). The number of hydrogen-bond acceptors (Lipinski definition) is 3. The van der Waals surface area contributed by atoms with Crippen molar-refractivity contribution >= 4 is 17.3 Å². The summed E-state index contributed by atoms with van der Waals surface area (Å²) in [5, 5.41) is 19.1. The van der Waals surface area contributed by atoms with Crippen molar-refractivity contribution in [1.82, 2.24) is 0 Å². The molecule has 0 aliphatic heterocycles. The van der Waals surface area contributed by atoms with Crippen molar-refractivity contribution in [2.45, 2.75) is 12.0 Å². The Morgan fingerprint density at radius 1 is 1.46 bits per heavy atom. The summed E-state index contributed by atoms with van der Waals surface area (Å²) in [6.07, 6.45) is 0.291. The molecule has 4 nitrogen and oxygen atoms in total. The number of nitro groups is 1. The Bertz CT molecular complexity index is 297. The van der Waals surface area contributed by atoms with Crippen LogP contribution in [-0.2, 0) is 6.42 Å². The fourth-order valence-corrected chi connectivity index (χ4v) is 1.13. The maximum atomic E-state index is 10.3. The SMILES string of the molecule is O=[N+]([O-])c1ccc(CC(O)Cl)cc1. The van der Waals surface area contributed by atoms with Gasteiger partial charge in [0, 0.05) is 18.6 Å². The second-order valence-electron chi connectivity index (χ2n) is 2.56. The van der Waals surface area contributed by atoms with E-state index < -0.39 is 10.5 Å². The minimum atomic E-state index is -0.943. The van der Waals surface area contributed by atoms with E-state index >= 15 is 0 Å². The number of nitrogens with zero attached hydrogens (tertiary/aromatic N) is 1. The highest BCUT2D eigenvalue weighted by atomic mass is 35.5. The molecule has 0 fully saturated rings. The maximum absolute atomic E-state index is 10.3. The number of aliphatic hydroxyl groups excluding tert-OH is 1. The summed E-state index contributed by atoms with van der Waals surface area (Å²) in [4.78, 5) is 9.79. The first-order chi connectivity index (χ1) is 6.09. The monoisotopic (exact) mass is 201 g/mol. The van der Waals surface area contributed by atoms with E-state index in [-0.39, 0.29) is 5.69 Å². The molecule has 0 aliphatic rings. The first-order valence-electron chi connectivity index (χ1n) is 3.65. The van der Waals surface area contributed by atoms with Gasteiger partial charge in [0.25, 0.3) is 5.69 Å². The lowest BCUT2D eigenvalue weighted by Crippen LogP contribution is -2.00. The van der Waals surface area contributed by atoms with Crippen LogP contribution >= 0.6 is 11.6 Å². The Labute approximate surface area is 79.9 Å². The molecular formula is C8H8ClNO3. The van der Waals surface area contributed by atoms with Crippen molar-refractivity contribution in [3.8, 4) is 0 Å². The molecule has 0 radical (unpaired) electrons. The Hall–Kier alpha value is -1.13. The zero-order valence-electron chi connectivity index (χ0n) is 6.68. The van der Waals surface area contributed by atoms with E-state index in [1.165, 1.54) is 12.1 Å². The van der Waals surface area contributed by atoms with Crippen LogP contribution in [0.25, 0.3) is 0 Å². The Kier molecular flexibility index (Phi) is 3.22. The average Bonchev–Trinajstić information content (AvgIpc) is 2.04. The van der Waals surface area contributed by atoms with Gasteiger partial charge in [-0.1, -0.05) is 23.7 Å². The number of rotatable bonds is 3. The van der Waals surface area contributed by atoms with Crippen LogP contribution in [-0.4, -0.2) is 15.6 Å². The molecule has 5 heteroatoms. The van der Waals surface area contributed by atoms with Gasteiger partial charge in [-0.2, -0.15) is 0 Å². The molecule has 1 aromatic carbocycles. The van der Waals surface area contributed by atoms with Gasteiger partial charge in [0.15, 0.2) is 0 Å². The third kappa shape index (κ3) is 3.01. The molecule has 0 saturated heterocycles. The number of hydrogen-bond donors (Lipinski definition) is 1. The van der Waals surface area contributed by atoms with E-state index in [1.54, 1.807) is 12.1 Å². The predicted octanol–water partition coefficient (Wildman–Crippen LogP) is 1.69. The number of halogens is 1. The molecule has 70 valence electrons. The van der Waals surface area contributed by atoms with Gasteiger partial charge in [-0.15, -0.1) is 0 Å². The second kappa shape index (κ2) is 4.20. The zero-order chi connectivity index (χ0) is 9.84.